The number of aromatic nitrogens is 12. The van der Waals surface area contributed by atoms with E-state index >= 15 is 0 Å². The maximum absolute atomic E-state index is 13.7. The number of hydrogen-bond donors (Lipinski definition) is 8. The SMILES string of the molecule is C=C1[C@H](CO)[C@@H](O[Si](C)(C)C(C)(C)C)C[C@@H]1n1cnc2c(=O)[nH]c(N)nc21.C=C1[C@H](CO[P@]2(=O)OCC[C@H](c3ccc(Cl)c(Cl)c3)O2)[C@@H](O)C[C@@H]1n1cnc2c(=O)[nH]c(N)nc21.C=C1[C@H](CO[P@]2(=O)OCC[C@H](c3ccc(Cl)c(Cl)c3)O2)[C@@H](O[Si](C)(C)C(C)(C)C)C[C@@H]1n1cnc2c(=O)[nH]c(N)nc21.O=[N+]([O-])c1ccc(OP2(=O)OCC[C@H](c3ccc(Cl)c(Cl)c3)O2)cc1. The zero-order chi connectivity index (χ0) is 93.7. The van der Waals surface area contributed by atoms with Crippen LogP contribution in [0.3, 0.4) is 0 Å². The molecule has 11 N–H and O–H groups in total. The van der Waals surface area contributed by atoms with Crippen molar-refractivity contribution in [3.63, 3.8) is 0 Å². The molecular weight excluding hydrogens is 1890 g/mol. The van der Waals surface area contributed by atoms with Crippen molar-refractivity contribution < 1.29 is 78.4 Å². The highest BCUT2D eigenvalue weighted by atomic mass is 35.5. The third kappa shape index (κ3) is 22.1. The van der Waals surface area contributed by atoms with E-state index in [2.05, 4.69) is 132 Å². The molecule has 4 aromatic carbocycles. The number of aromatic amines is 3. The maximum atomic E-state index is 13.7. The third-order valence-electron chi connectivity index (χ3n) is 24.2. The van der Waals surface area contributed by atoms with Gasteiger partial charge in [-0.05, 0) is 137 Å². The standard InChI is InChI=1S/C27H36Cl2N5O6PSi.C21H22Cl2N5O6P.C18H29N5O3Si.C15H12Cl2NO6P/c1-15-17(13-38-41(36)37-10-9-21(39-41)16-7-8-18(28)19(29)11-16)22(40-42(5,6)27(2,3)4)12-20(15)34-14-31-23-24(34)32-26(30)33-25(23)35;1-10-12(16(29)7-15(10)28-9-25-18-19(28)26-21(24)27-20(18)30)8-33-35(31)32-5-4-17(34-35)11-2-3-13(22)14(23)6-11;1-10-11(8-24)13(26-27(5,6)18(2,3)4)7-12(10)23-9-20-14-15(23)21-17(19)22-16(14)25;16-13-6-1-10(9-14(13)17)15-7-8-22-25(21,24-15)23-12-4-2-11(3-5-12)18(19)20/h7-8,11,14,17,20-22H,1,9-10,12-13H2,2-6H3,(H3,30,32,33,35);2-3,6,9,12,15-17,29H,1,4-5,7-8H2,(H3,24,26,27,30);9,11-13,24H,1,7-8H2,2-6H3,(H3,19,21,22,25);1-6,9,15H,7-8H2/t17-,20-,21+,22-,41-;12-,15-,16-,17+,35-;11-,12-,13-;15-,25?/m0001/s1. The second kappa shape index (κ2) is 39.4. The van der Waals surface area contributed by atoms with Gasteiger partial charge in [0.1, 0.15) is 5.75 Å². The van der Waals surface area contributed by atoms with Crippen LogP contribution in [-0.2, 0) is 58.7 Å². The number of imidazole rings is 3. The van der Waals surface area contributed by atoms with Gasteiger partial charge in [0.2, 0.25) is 17.8 Å². The van der Waals surface area contributed by atoms with Crippen molar-refractivity contribution in [1.82, 2.24) is 58.6 Å². The fraction of sp³-hybridized carbons (Fsp3) is 0.444. The summed E-state index contributed by atoms with van der Waals surface area (Å²) < 4.78 is 108. The molecule has 37 nitrogen and oxygen atoms in total. The number of aliphatic hydroxyl groups excluding tert-OH is 2. The Bertz CT molecular complexity index is 6270. The first-order valence-electron chi connectivity index (χ1n) is 40.8. The number of non-ortho nitro benzene ring substituents is 1. The number of phosphoric ester groups is 3. The molecule has 15 atom stereocenters. The molecule has 10 aromatic rings. The third-order valence-corrected chi connectivity index (χ3v) is 39.8. The maximum Gasteiger partial charge on any atom is 0.530 e. The molecule has 0 radical (unpaired) electrons. The van der Waals surface area contributed by atoms with Crippen LogP contribution >= 0.6 is 93.1 Å². The van der Waals surface area contributed by atoms with Crippen molar-refractivity contribution >= 4 is 167 Å². The van der Waals surface area contributed by atoms with Crippen molar-refractivity contribution in [3.8, 4) is 5.75 Å². The normalized spacial score (nSPS) is 26.3. The predicted molar refractivity (Wildman–Crippen MR) is 495 cm³/mol. The molecule has 3 aliphatic heterocycles. The van der Waals surface area contributed by atoms with Gasteiger partial charge in [-0.3, -0.25) is 75.6 Å². The number of hydrogen-bond acceptors (Lipinski definition) is 30. The first-order chi connectivity index (χ1) is 60.6. The average Bonchev–Trinajstić information content (AvgIpc) is 1.60. The number of nitro groups is 1. The van der Waals surface area contributed by atoms with Gasteiger partial charge in [0.05, 0.1) is 148 Å². The molecule has 48 heteroatoms. The van der Waals surface area contributed by atoms with Gasteiger partial charge in [-0.1, -0.05) is 149 Å². The van der Waals surface area contributed by atoms with Crippen molar-refractivity contribution in [2.24, 2.45) is 17.8 Å². The van der Waals surface area contributed by atoms with Crippen LogP contribution in [0.1, 0.15) is 133 Å². The lowest BCUT2D eigenvalue weighted by molar-refractivity contribution is -0.384. The Morgan fingerprint density at radius 3 is 1.21 bits per heavy atom. The van der Waals surface area contributed by atoms with Crippen molar-refractivity contribution in [2.75, 3.05) is 56.8 Å². The molecule has 129 heavy (non-hydrogen) atoms. The smallest absolute Gasteiger partial charge is 0.413 e. The summed E-state index contributed by atoms with van der Waals surface area (Å²) in [5.41, 5.74) is 21.8. The minimum atomic E-state index is -3.94. The van der Waals surface area contributed by atoms with E-state index in [0.29, 0.717) is 90.2 Å². The summed E-state index contributed by atoms with van der Waals surface area (Å²) >= 11 is 36.2. The lowest BCUT2D eigenvalue weighted by atomic mass is 10.0. The van der Waals surface area contributed by atoms with E-state index in [0.717, 1.165) is 16.7 Å². The molecule has 6 fully saturated rings. The Balaban J connectivity index is 0.000000150. The number of anilines is 3. The Labute approximate surface area is 772 Å². The summed E-state index contributed by atoms with van der Waals surface area (Å²) in [6.45, 7) is 34.9. The average molecular weight is 1990 g/mol. The minimum absolute atomic E-state index is 0.00645. The number of nitrogen functional groups attached to an aromatic ring is 3. The zero-order valence-corrected chi connectivity index (χ0v) is 81.0. The monoisotopic (exact) mass is 1990 g/mol. The minimum Gasteiger partial charge on any atom is -0.413 e. The van der Waals surface area contributed by atoms with Gasteiger partial charge in [0.15, 0.2) is 50.1 Å². The van der Waals surface area contributed by atoms with Crippen LogP contribution in [0.25, 0.3) is 33.5 Å². The van der Waals surface area contributed by atoms with Gasteiger partial charge >= 0.3 is 23.5 Å². The Morgan fingerprint density at radius 1 is 0.519 bits per heavy atom. The number of phosphoric acid groups is 3. The van der Waals surface area contributed by atoms with Crippen LogP contribution in [0.5, 0.6) is 5.75 Å². The lowest BCUT2D eigenvalue weighted by Gasteiger charge is -2.40. The first kappa shape index (κ1) is 98.6. The molecular formula is C81H99Cl6N16O21P3Si2. The number of nitrogens with two attached hydrogens (primary N) is 3. The molecule has 3 saturated carbocycles. The van der Waals surface area contributed by atoms with Crippen LogP contribution in [0.2, 0.25) is 66.4 Å². The number of halogens is 6. The quantitative estimate of drug-likeness (QED) is 0.0115. The summed E-state index contributed by atoms with van der Waals surface area (Å²) in [4.78, 5) is 79.4. The van der Waals surface area contributed by atoms with Gasteiger partial charge in [-0.25, -0.2) is 28.6 Å². The van der Waals surface area contributed by atoms with Crippen LogP contribution in [0.15, 0.2) is 149 Å². The van der Waals surface area contributed by atoms with Crippen molar-refractivity contribution in [3.05, 3.63) is 222 Å². The van der Waals surface area contributed by atoms with E-state index in [4.69, 9.17) is 136 Å². The molecule has 3 aliphatic carbocycles. The number of aliphatic hydroxyl groups is 2. The van der Waals surface area contributed by atoms with Gasteiger partial charge in [0.25, 0.3) is 22.4 Å². The van der Waals surface area contributed by atoms with Crippen LogP contribution < -0.4 is 38.4 Å². The van der Waals surface area contributed by atoms with Gasteiger partial charge in [0, 0.05) is 49.1 Å². The number of nitrogens with one attached hydrogen (secondary N) is 3. The Hall–Kier alpha value is -7.87. The summed E-state index contributed by atoms with van der Waals surface area (Å²) in [7, 11) is -16.0. The summed E-state index contributed by atoms with van der Waals surface area (Å²) in [5, 5.41) is 33.7. The number of nitro benzene ring substituents is 1. The number of benzene rings is 4. The molecule has 16 rings (SSSR count). The zero-order valence-electron chi connectivity index (χ0n) is 71.7. The van der Waals surface area contributed by atoms with E-state index in [1.54, 1.807) is 76.4 Å². The van der Waals surface area contributed by atoms with Crippen LogP contribution in [0, 0.1) is 27.9 Å². The Kier molecular flexibility index (Phi) is 30.1. The summed E-state index contributed by atoms with van der Waals surface area (Å²) in [6, 6.07) is 19.4. The number of nitrogens with zero attached hydrogens (tertiary/aromatic N) is 10. The van der Waals surface area contributed by atoms with Crippen molar-refractivity contribution in [1.29, 1.82) is 0 Å². The molecule has 0 spiro atoms. The lowest BCUT2D eigenvalue weighted by Crippen LogP contribution is -2.45. The first-order valence-corrected chi connectivity index (χ1v) is 53.3. The van der Waals surface area contributed by atoms with Crippen LogP contribution in [-0.4, -0.2) is 148 Å². The fourth-order valence-electron chi connectivity index (χ4n) is 15.1. The molecule has 9 heterocycles. The Morgan fingerprint density at radius 2 is 0.853 bits per heavy atom. The fourth-order valence-corrected chi connectivity index (χ4v) is 23.0. The molecule has 1 unspecified atom stereocenters. The largest absolute Gasteiger partial charge is 0.530 e. The van der Waals surface area contributed by atoms with E-state index in [9.17, 15) is 48.4 Å². The number of rotatable bonds is 20. The highest BCUT2D eigenvalue weighted by Gasteiger charge is 2.51. The van der Waals surface area contributed by atoms with E-state index in [1.807, 2.05) is 4.57 Å². The highest BCUT2D eigenvalue weighted by molar-refractivity contribution is 7.49. The molecule has 0 amide bonds. The van der Waals surface area contributed by atoms with Gasteiger partial charge in [-0.2, -0.15) is 15.0 Å². The number of H-pyrrole nitrogens is 3. The topological polar surface area (TPSA) is 505 Å². The number of fused-ring (bicyclic) bond motifs is 3. The second-order valence-corrected chi connectivity index (χ2v) is 51.4. The second-order valence-electron chi connectivity index (χ2n) is 34.7. The van der Waals surface area contributed by atoms with Crippen molar-refractivity contribution in [2.45, 2.75) is 171 Å². The summed E-state index contributed by atoms with van der Waals surface area (Å²) in [6.07, 6.45) is 4.51. The van der Waals surface area contributed by atoms with E-state index < -0.39 is 92.5 Å². The van der Waals surface area contributed by atoms with E-state index in [-0.39, 0.29) is 149 Å². The van der Waals surface area contributed by atoms with E-state index in [1.165, 1.54) is 30.6 Å². The van der Waals surface area contributed by atoms with Gasteiger partial charge in [-0.15, -0.1) is 0 Å². The molecule has 3 saturated heterocycles. The van der Waals surface area contributed by atoms with Crippen LogP contribution in [0.4, 0.5) is 23.5 Å². The molecule has 6 aliphatic rings. The molecule has 0 bridgehead atoms. The highest BCUT2D eigenvalue weighted by Crippen LogP contribution is 2.62. The van der Waals surface area contributed by atoms with Gasteiger partial charge < -0.3 is 54.5 Å². The predicted octanol–water partition coefficient (Wildman–Crippen LogP) is 18.4. The molecule has 694 valence electrons. The summed E-state index contributed by atoms with van der Waals surface area (Å²) in [5.74, 6) is -0.956. The molecule has 6 aromatic heterocycles.